The molecule has 0 aliphatic carbocycles. The minimum Gasteiger partial charge on any atom is -0.493 e. The number of hydrogen-bond donors (Lipinski definition) is 2. The number of nitriles is 1. The third kappa shape index (κ3) is 6.14. The number of rotatable bonds is 8. The van der Waals surface area contributed by atoms with Gasteiger partial charge in [-0.3, -0.25) is 9.59 Å². The zero-order valence-electron chi connectivity index (χ0n) is 16.8. The first-order valence-corrected chi connectivity index (χ1v) is 10.4. The van der Waals surface area contributed by atoms with Crippen LogP contribution in [0.2, 0.25) is 0 Å². The molecular formula is C23H20FN3O3S. The molecule has 0 saturated carbocycles. The molecule has 0 atom stereocenters. The first-order chi connectivity index (χ1) is 15.0. The lowest BCUT2D eigenvalue weighted by Crippen LogP contribution is -2.12. The summed E-state index contributed by atoms with van der Waals surface area (Å²) in [5.41, 5.74) is 1.48. The van der Waals surface area contributed by atoms with E-state index in [1.54, 1.807) is 37.3 Å². The lowest BCUT2D eigenvalue weighted by Gasteiger charge is -2.08. The van der Waals surface area contributed by atoms with Gasteiger partial charge in [-0.2, -0.15) is 5.26 Å². The van der Waals surface area contributed by atoms with Crippen LogP contribution < -0.4 is 15.4 Å². The molecule has 0 aliphatic heterocycles. The predicted octanol–water partition coefficient (Wildman–Crippen LogP) is 5.38. The smallest absolute Gasteiger partial charge is 0.266 e. The Morgan fingerprint density at radius 2 is 1.90 bits per heavy atom. The molecule has 2 amide bonds. The summed E-state index contributed by atoms with van der Waals surface area (Å²) in [6.07, 6.45) is 1.05. The van der Waals surface area contributed by atoms with E-state index in [4.69, 9.17) is 10.00 Å². The zero-order valence-corrected chi connectivity index (χ0v) is 17.6. The third-order valence-corrected chi connectivity index (χ3v) is 5.39. The minimum atomic E-state index is -0.494. The summed E-state index contributed by atoms with van der Waals surface area (Å²) in [6.45, 7) is 2.20. The normalized spacial score (nSPS) is 10.2. The zero-order chi connectivity index (χ0) is 22.2. The van der Waals surface area contributed by atoms with Crippen LogP contribution in [0.15, 0.2) is 54.6 Å². The van der Waals surface area contributed by atoms with Crippen LogP contribution in [0.4, 0.5) is 15.1 Å². The second kappa shape index (κ2) is 10.4. The Morgan fingerprint density at radius 1 is 1.10 bits per heavy atom. The van der Waals surface area contributed by atoms with Gasteiger partial charge in [-0.25, -0.2) is 4.39 Å². The van der Waals surface area contributed by atoms with Crippen molar-refractivity contribution in [1.82, 2.24) is 0 Å². The van der Waals surface area contributed by atoms with E-state index in [2.05, 4.69) is 16.7 Å². The Bertz CT molecular complexity index is 1140. The Labute approximate surface area is 183 Å². The Balaban J connectivity index is 1.64. The van der Waals surface area contributed by atoms with Gasteiger partial charge in [0.15, 0.2) is 0 Å². The molecule has 2 N–H and O–H groups in total. The van der Waals surface area contributed by atoms with Crippen LogP contribution in [-0.2, 0) is 0 Å². The number of benzene rings is 2. The predicted molar refractivity (Wildman–Crippen MR) is 118 cm³/mol. The van der Waals surface area contributed by atoms with Gasteiger partial charge in [-0.05, 0) is 55.3 Å². The Kier molecular flexibility index (Phi) is 7.35. The fourth-order valence-electron chi connectivity index (χ4n) is 2.78. The van der Waals surface area contributed by atoms with Crippen molar-refractivity contribution in [3.8, 4) is 11.8 Å². The van der Waals surface area contributed by atoms with E-state index in [0.717, 1.165) is 17.4 Å². The van der Waals surface area contributed by atoms with Crippen molar-refractivity contribution in [3.63, 3.8) is 0 Å². The molecule has 0 spiro atoms. The van der Waals surface area contributed by atoms with Gasteiger partial charge in [-0.1, -0.05) is 12.1 Å². The summed E-state index contributed by atoms with van der Waals surface area (Å²) in [6, 6.07) is 16.2. The molecule has 0 radical (unpaired) electrons. The van der Waals surface area contributed by atoms with Crippen LogP contribution in [0, 0.1) is 24.1 Å². The summed E-state index contributed by atoms with van der Waals surface area (Å²) in [4.78, 5) is 25.5. The highest BCUT2D eigenvalue weighted by Gasteiger charge is 2.16. The number of anilines is 2. The van der Waals surface area contributed by atoms with Crippen molar-refractivity contribution in [2.75, 3.05) is 17.2 Å². The van der Waals surface area contributed by atoms with E-state index in [-0.39, 0.29) is 11.5 Å². The van der Waals surface area contributed by atoms with Gasteiger partial charge in [0.1, 0.15) is 11.6 Å². The third-order valence-electron chi connectivity index (χ3n) is 4.24. The summed E-state index contributed by atoms with van der Waals surface area (Å²) in [7, 11) is 0. The molecule has 0 unspecified atom stereocenters. The number of nitrogens with one attached hydrogen (secondary N) is 2. The number of carbonyl (C=O) groups is 2. The number of unbranched alkanes of at least 4 members (excludes halogenated alkanes) is 1. The molecular weight excluding hydrogens is 417 g/mol. The van der Waals surface area contributed by atoms with Crippen molar-refractivity contribution in [2.45, 2.75) is 19.8 Å². The quantitative estimate of drug-likeness (QED) is 0.463. The molecule has 3 aromatic rings. The summed E-state index contributed by atoms with van der Waals surface area (Å²) < 4.78 is 18.9. The van der Waals surface area contributed by atoms with Crippen molar-refractivity contribution >= 4 is 33.8 Å². The number of nitrogens with zero attached hydrogens (tertiary/aromatic N) is 1. The molecule has 2 aromatic carbocycles. The average Bonchev–Trinajstić information content (AvgIpc) is 3.11. The fourth-order valence-corrected chi connectivity index (χ4v) is 3.74. The van der Waals surface area contributed by atoms with E-state index >= 15 is 0 Å². The Hall–Kier alpha value is -3.70. The van der Waals surface area contributed by atoms with E-state index in [0.29, 0.717) is 46.3 Å². The lowest BCUT2D eigenvalue weighted by atomic mass is 10.2. The van der Waals surface area contributed by atoms with Gasteiger partial charge in [0, 0.05) is 23.7 Å². The molecule has 158 valence electrons. The van der Waals surface area contributed by atoms with Gasteiger partial charge in [0.25, 0.3) is 11.8 Å². The largest absolute Gasteiger partial charge is 0.493 e. The maximum absolute atomic E-state index is 13.3. The highest BCUT2D eigenvalue weighted by Crippen LogP contribution is 2.28. The molecule has 0 aliphatic rings. The molecule has 6 nitrogen and oxygen atoms in total. The second-order valence-electron chi connectivity index (χ2n) is 6.68. The number of carbonyl (C=O) groups excluding carboxylic acids is 2. The van der Waals surface area contributed by atoms with Crippen molar-refractivity contribution in [1.29, 1.82) is 5.26 Å². The summed E-state index contributed by atoms with van der Waals surface area (Å²) >= 11 is 1.14. The number of ether oxygens (including phenoxy) is 1. The van der Waals surface area contributed by atoms with Gasteiger partial charge in [0.05, 0.1) is 22.6 Å². The van der Waals surface area contributed by atoms with E-state index in [1.807, 2.05) is 0 Å². The molecule has 0 bridgehead atoms. The molecule has 0 saturated heterocycles. The second-order valence-corrected chi connectivity index (χ2v) is 7.73. The first-order valence-electron chi connectivity index (χ1n) is 9.55. The van der Waals surface area contributed by atoms with Gasteiger partial charge < -0.3 is 15.4 Å². The molecule has 3 rings (SSSR count). The number of thiophene rings is 1. The lowest BCUT2D eigenvalue weighted by molar-refractivity contribution is 0.101. The van der Waals surface area contributed by atoms with Crippen LogP contribution in [-0.4, -0.2) is 18.4 Å². The van der Waals surface area contributed by atoms with E-state index in [9.17, 15) is 14.0 Å². The van der Waals surface area contributed by atoms with Crippen LogP contribution in [0.1, 0.15) is 38.4 Å². The molecule has 8 heteroatoms. The van der Waals surface area contributed by atoms with Gasteiger partial charge in [-0.15, -0.1) is 11.3 Å². The highest BCUT2D eigenvalue weighted by atomic mass is 32.1. The van der Waals surface area contributed by atoms with Crippen molar-refractivity contribution in [3.05, 3.63) is 76.4 Å². The first kappa shape index (κ1) is 22.0. The van der Waals surface area contributed by atoms with Crippen LogP contribution >= 0.6 is 11.3 Å². The number of amides is 2. The Morgan fingerprint density at radius 3 is 2.68 bits per heavy atom. The standard InChI is InChI=1S/C23H20FN3O3S/c1-15-12-20(27-22(28)16-6-4-7-17(24)13-16)31-21(15)23(29)26-18-8-5-9-19(14-18)30-11-3-2-10-25/h4-9,12-14H,2-3,11H2,1H3,(H,26,29)(H,27,28). The molecule has 1 heterocycles. The SMILES string of the molecule is Cc1cc(NC(=O)c2cccc(F)c2)sc1C(=O)Nc1cccc(OCCCC#N)c1. The fraction of sp³-hybridized carbons (Fsp3) is 0.174. The van der Waals surface area contributed by atoms with Gasteiger partial charge >= 0.3 is 0 Å². The van der Waals surface area contributed by atoms with Crippen LogP contribution in [0.25, 0.3) is 0 Å². The molecule has 31 heavy (non-hydrogen) atoms. The van der Waals surface area contributed by atoms with Crippen molar-refractivity contribution < 1.29 is 18.7 Å². The van der Waals surface area contributed by atoms with Gasteiger partial charge in [0.2, 0.25) is 0 Å². The topological polar surface area (TPSA) is 91.2 Å². The number of hydrogen-bond acceptors (Lipinski definition) is 5. The van der Waals surface area contributed by atoms with Crippen molar-refractivity contribution in [2.24, 2.45) is 0 Å². The number of halogens is 1. The van der Waals surface area contributed by atoms with Crippen LogP contribution in [0.3, 0.4) is 0 Å². The highest BCUT2D eigenvalue weighted by molar-refractivity contribution is 7.18. The monoisotopic (exact) mass is 437 g/mol. The van der Waals surface area contributed by atoms with Crippen LogP contribution in [0.5, 0.6) is 5.75 Å². The maximum Gasteiger partial charge on any atom is 0.266 e. The summed E-state index contributed by atoms with van der Waals surface area (Å²) in [5, 5.41) is 14.6. The summed E-state index contributed by atoms with van der Waals surface area (Å²) in [5.74, 6) is -0.655. The molecule has 0 fully saturated rings. The average molecular weight is 437 g/mol. The van der Waals surface area contributed by atoms with E-state index < -0.39 is 11.7 Å². The van der Waals surface area contributed by atoms with E-state index in [1.165, 1.54) is 18.2 Å². The minimum absolute atomic E-state index is 0.198. The molecule has 1 aromatic heterocycles. The maximum atomic E-state index is 13.3. The number of aryl methyl sites for hydroxylation is 1.